The molecule has 6 nitrogen and oxygen atoms in total. The predicted octanol–water partition coefficient (Wildman–Crippen LogP) is 2.95. The zero-order chi connectivity index (χ0) is 17.1. The highest BCUT2D eigenvalue weighted by atomic mass is 35.5. The van der Waals surface area contributed by atoms with Gasteiger partial charge in [-0.15, -0.1) is 0 Å². The van der Waals surface area contributed by atoms with Crippen LogP contribution in [0.5, 0.6) is 0 Å². The molecule has 0 spiro atoms. The molecule has 0 aliphatic carbocycles. The van der Waals surface area contributed by atoms with Crippen LogP contribution in [0.25, 0.3) is 0 Å². The van der Waals surface area contributed by atoms with Crippen molar-refractivity contribution in [3.8, 4) is 0 Å². The summed E-state index contributed by atoms with van der Waals surface area (Å²) in [5, 5.41) is 7.56. The molecule has 1 N–H and O–H groups in total. The molecule has 1 aliphatic heterocycles. The molecular weight excluding hydrogens is 328 g/mol. The van der Waals surface area contributed by atoms with Crippen molar-refractivity contribution < 1.29 is 9.53 Å². The summed E-state index contributed by atoms with van der Waals surface area (Å²) in [5.41, 5.74) is 2.92. The van der Waals surface area contributed by atoms with Gasteiger partial charge < -0.3 is 15.0 Å². The number of hydrogen-bond acceptors (Lipinski definition) is 4. The van der Waals surface area contributed by atoms with Crippen LogP contribution >= 0.6 is 11.6 Å². The second-order valence-corrected chi connectivity index (χ2v) is 6.04. The van der Waals surface area contributed by atoms with Crippen LogP contribution in [0.4, 0.5) is 11.4 Å². The number of benzene rings is 1. The summed E-state index contributed by atoms with van der Waals surface area (Å²) in [7, 11) is 0. The van der Waals surface area contributed by atoms with E-state index in [4.69, 9.17) is 16.3 Å². The van der Waals surface area contributed by atoms with Crippen LogP contribution in [0, 0.1) is 6.92 Å². The third kappa shape index (κ3) is 3.39. The van der Waals surface area contributed by atoms with Gasteiger partial charge in [0.25, 0.3) is 5.91 Å². The van der Waals surface area contributed by atoms with Gasteiger partial charge in [0.1, 0.15) is 5.69 Å². The van der Waals surface area contributed by atoms with E-state index in [0.29, 0.717) is 23.0 Å². The normalized spacial score (nSPS) is 14.7. The predicted molar refractivity (Wildman–Crippen MR) is 95.1 cm³/mol. The molecule has 0 unspecified atom stereocenters. The quantitative estimate of drug-likeness (QED) is 0.922. The topological polar surface area (TPSA) is 59.4 Å². The van der Waals surface area contributed by atoms with Gasteiger partial charge in [-0.25, -0.2) is 0 Å². The Labute approximate surface area is 146 Å². The first-order valence-corrected chi connectivity index (χ1v) is 8.45. The number of aryl methyl sites for hydroxylation is 2. The fourth-order valence-electron chi connectivity index (χ4n) is 2.77. The maximum atomic E-state index is 12.5. The summed E-state index contributed by atoms with van der Waals surface area (Å²) in [6, 6.07) is 7.81. The third-order valence-electron chi connectivity index (χ3n) is 4.07. The molecule has 1 fully saturated rings. The molecule has 2 heterocycles. The highest BCUT2D eigenvalue weighted by Crippen LogP contribution is 2.23. The van der Waals surface area contributed by atoms with Crippen molar-refractivity contribution in [2.75, 3.05) is 36.5 Å². The lowest BCUT2D eigenvalue weighted by Crippen LogP contribution is -2.36. The van der Waals surface area contributed by atoms with Crippen molar-refractivity contribution in [3.63, 3.8) is 0 Å². The molecule has 1 saturated heterocycles. The van der Waals surface area contributed by atoms with Gasteiger partial charge in [0.2, 0.25) is 0 Å². The van der Waals surface area contributed by atoms with Gasteiger partial charge in [-0.2, -0.15) is 5.10 Å². The van der Waals surface area contributed by atoms with Crippen LogP contribution in [0.15, 0.2) is 24.3 Å². The minimum atomic E-state index is -0.249. The Balaban J connectivity index is 1.73. The Bertz CT molecular complexity index is 721. The van der Waals surface area contributed by atoms with Gasteiger partial charge in [0.15, 0.2) is 0 Å². The fourth-order valence-corrected chi connectivity index (χ4v) is 2.99. The lowest BCUT2D eigenvalue weighted by Gasteiger charge is -2.28. The van der Waals surface area contributed by atoms with Gasteiger partial charge in [0.05, 0.1) is 23.9 Å². The summed E-state index contributed by atoms with van der Waals surface area (Å²) in [5.74, 6) is -0.249. The number of hydrogen-bond donors (Lipinski definition) is 1. The molecule has 2 aromatic rings. The number of morpholine rings is 1. The number of rotatable bonds is 4. The first kappa shape index (κ1) is 16.8. The van der Waals surface area contributed by atoms with Gasteiger partial charge in [0, 0.05) is 31.0 Å². The van der Waals surface area contributed by atoms with Crippen LogP contribution in [0.3, 0.4) is 0 Å². The Morgan fingerprint density at radius 1 is 1.29 bits per heavy atom. The fraction of sp³-hybridized carbons (Fsp3) is 0.412. The molecule has 1 amide bonds. The second kappa shape index (κ2) is 7.23. The molecule has 3 rings (SSSR count). The van der Waals surface area contributed by atoms with Crippen LogP contribution in [0.2, 0.25) is 5.02 Å². The minimum Gasteiger partial charge on any atom is -0.378 e. The molecule has 0 saturated carbocycles. The van der Waals surface area contributed by atoms with Crippen molar-refractivity contribution >= 4 is 28.9 Å². The Kier molecular flexibility index (Phi) is 5.06. The zero-order valence-corrected chi connectivity index (χ0v) is 14.6. The molecule has 7 heteroatoms. The number of carbonyl (C=O) groups is 1. The van der Waals surface area contributed by atoms with Crippen LogP contribution in [-0.2, 0) is 11.3 Å². The number of nitrogens with one attached hydrogen (secondary N) is 1. The highest BCUT2D eigenvalue weighted by molar-refractivity contribution is 6.34. The molecule has 24 heavy (non-hydrogen) atoms. The molecule has 1 aromatic heterocycles. The number of aromatic nitrogens is 2. The molecule has 0 atom stereocenters. The Morgan fingerprint density at radius 2 is 1.96 bits per heavy atom. The number of nitrogens with zero attached hydrogens (tertiary/aromatic N) is 3. The van der Waals surface area contributed by atoms with Gasteiger partial charge in [-0.3, -0.25) is 9.48 Å². The van der Waals surface area contributed by atoms with Crippen LogP contribution in [-0.4, -0.2) is 42.0 Å². The lowest BCUT2D eigenvalue weighted by atomic mass is 10.2. The van der Waals surface area contributed by atoms with Crippen molar-refractivity contribution in [2.45, 2.75) is 20.4 Å². The van der Waals surface area contributed by atoms with E-state index in [1.165, 1.54) is 0 Å². The molecule has 0 radical (unpaired) electrons. The monoisotopic (exact) mass is 348 g/mol. The van der Waals surface area contributed by atoms with Crippen molar-refractivity contribution in [1.82, 2.24) is 9.78 Å². The molecule has 1 aromatic carbocycles. The molecule has 128 valence electrons. The first-order chi connectivity index (χ1) is 11.6. The molecule has 0 bridgehead atoms. The van der Waals surface area contributed by atoms with E-state index in [2.05, 4.69) is 15.3 Å². The standard InChI is InChI=1S/C17H21ClN4O2/c1-3-22-16(15(18)12(2)20-22)17(23)19-13-4-6-14(7-5-13)21-8-10-24-11-9-21/h4-7H,3,8-11H2,1-2H3,(H,19,23). The SMILES string of the molecule is CCn1nc(C)c(Cl)c1C(=O)Nc1ccc(N2CCOCC2)cc1. The van der Waals surface area contributed by atoms with Crippen LogP contribution in [0.1, 0.15) is 23.1 Å². The Morgan fingerprint density at radius 3 is 2.58 bits per heavy atom. The highest BCUT2D eigenvalue weighted by Gasteiger charge is 2.20. The van der Waals surface area contributed by atoms with Crippen molar-refractivity contribution in [2.24, 2.45) is 0 Å². The maximum Gasteiger partial charge on any atom is 0.275 e. The minimum absolute atomic E-state index is 0.249. The third-order valence-corrected chi connectivity index (χ3v) is 4.52. The number of ether oxygens (including phenoxy) is 1. The first-order valence-electron chi connectivity index (χ1n) is 8.07. The average Bonchev–Trinajstić information content (AvgIpc) is 2.91. The average molecular weight is 349 g/mol. The van der Waals surface area contributed by atoms with E-state index in [9.17, 15) is 4.79 Å². The molecular formula is C17H21ClN4O2. The van der Waals surface area contributed by atoms with Gasteiger partial charge >= 0.3 is 0 Å². The van der Waals surface area contributed by atoms with E-state index in [1.807, 2.05) is 31.2 Å². The van der Waals surface area contributed by atoms with Crippen molar-refractivity contribution in [3.05, 3.63) is 40.7 Å². The van der Waals surface area contributed by atoms with E-state index < -0.39 is 0 Å². The number of amides is 1. The number of halogens is 1. The number of carbonyl (C=O) groups excluding carboxylic acids is 1. The summed E-state index contributed by atoms with van der Waals surface area (Å²) in [6.45, 7) is 7.58. The van der Waals surface area contributed by atoms with E-state index >= 15 is 0 Å². The number of anilines is 2. The van der Waals surface area contributed by atoms with Crippen LogP contribution < -0.4 is 10.2 Å². The Hall–Kier alpha value is -2.05. The second-order valence-electron chi connectivity index (χ2n) is 5.66. The summed E-state index contributed by atoms with van der Waals surface area (Å²) in [4.78, 5) is 14.8. The van der Waals surface area contributed by atoms with Gasteiger partial charge in [-0.1, -0.05) is 11.6 Å². The summed E-state index contributed by atoms with van der Waals surface area (Å²) in [6.07, 6.45) is 0. The summed E-state index contributed by atoms with van der Waals surface area (Å²) >= 11 is 6.22. The summed E-state index contributed by atoms with van der Waals surface area (Å²) < 4.78 is 6.98. The maximum absolute atomic E-state index is 12.5. The lowest BCUT2D eigenvalue weighted by molar-refractivity contribution is 0.101. The largest absolute Gasteiger partial charge is 0.378 e. The van der Waals surface area contributed by atoms with E-state index in [0.717, 1.165) is 37.7 Å². The smallest absolute Gasteiger partial charge is 0.275 e. The zero-order valence-electron chi connectivity index (χ0n) is 13.9. The van der Waals surface area contributed by atoms with E-state index in [-0.39, 0.29) is 5.91 Å². The van der Waals surface area contributed by atoms with Crippen molar-refractivity contribution in [1.29, 1.82) is 0 Å². The van der Waals surface area contributed by atoms with E-state index in [1.54, 1.807) is 11.6 Å². The van der Waals surface area contributed by atoms with Gasteiger partial charge in [-0.05, 0) is 38.1 Å². The molecule has 1 aliphatic rings.